The van der Waals surface area contributed by atoms with Gasteiger partial charge in [0, 0.05) is 33.8 Å². The molecule has 1 aliphatic rings. The summed E-state index contributed by atoms with van der Waals surface area (Å²) in [5.41, 5.74) is 1.30. The molecule has 3 rings (SSSR count). The number of aromatic carboxylic acids is 1. The highest BCUT2D eigenvalue weighted by Crippen LogP contribution is 2.37. The Labute approximate surface area is 180 Å². The molecule has 4 nitrogen and oxygen atoms in total. The molecule has 1 aliphatic carbocycles. The van der Waals surface area contributed by atoms with Crippen LogP contribution in [0.4, 0.5) is 0 Å². The van der Waals surface area contributed by atoms with Crippen LogP contribution in [-0.4, -0.2) is 33.8 Å². The first-order valence-electron chi connectivity index (χ1n) is 10.1. The number of carboxylic acids is 1. The van der Waals surface area contributed by atoms with Crippen LogP contribution < -0.4 is 0 Å². The van der Waals surface area contributed by atoms with Crippen molar-refractivity contribution in [3.05, 3.63) is 51.7 Å². The molecule has 1 unspecified atom stereocenters. The third kappa shape index (κ3) is 5.71. The first-order valence-corrected chi connectivity index (χ1v) is 11.9. The molecule has 0 aliphatic heterocycles. The van der Waals surface area contributed by atoms with Gasteiger partial charge in [-0.3, -0.25) is 4.79 Å². The second-order valence-corrected chi connectivity index (χ2v) is 10.3. The Hall–Kier alpha value is -1.63. The monoisotopic (exact) mass is 432 g/mol. The largest absolute Gasteiger partial charge is 0.477 e. The summed E-state index contributed by atoms with van der Waals surface area (Å²) in [6.45, 7) is 4.35. The fraction of sp³-hybridized carbons (Fsp3) is 0.478. The third-order valence-electron chi connectivity index (χ3n) is 5.61. The van der Waals surface area contributed by atoms with E-state index in [1.807, 2.05) is 6.07 Å². The van der Waals surface area contributed by atoms with Crippen molar-refractivity contribution >= 4 is 34.9 Å². The number of carbonyl (C=O) groups excluding carboxylic acids is 1. The zero-order chi connectivity index (χ0) is 21.0. The number of aliphatic hydroxyl groups is 1. The average Bonchev–Trinajstić information content (AvgIpc) is 3.25. The van der Waals surface area contributed by atoms with Gasteiger partial charge in [-0.25, -0.2) is 4.79 Å². The number of hydrogen-bond donors (Lipinski definition) is 2. The van der Waals surface area contributed by atoms with E-state index < -0.39 is 12.1 Å². The van der Waals surface area contributed by atoms with E-state index in [2.05, 4.69) is 38.1 Å². The van der Waals surface area contributed by atoms with Gasteiger partial charge >= 0.3 is 5.97 Å². The van der Waals surface area contributed by atoms with Crippen LogP contribution >= 0.6 is 23.1 Å². The smallest absolute Gasteiger partial charge is 0.345 e. The highest BCUT2D eigenvalue weighted by atomic mass is 32.2. The molecule has 1 fully saturated rings. The van der Waals surface area contributed by atoms with Crippen LogP contribution in [0.2, 0.25) is 0 Å². The Morgan fingerprint density at radius 3 is 2.76 bits per heavy atom. The molecule has 6 heteroatoms. The maximum atomic E-state index is 12.4. The number of thiophene rings is 1. The fourth-order valence-corrected chi connectivity index (χ4v) is 6.02. The molecular weight excluding hydrogens is 404 g/mol. The zero-order valence-corrected chi connectivity index (χ0v) is 18.5. The summed E-state index contributed by atoms with van der Waals surface area (Å²) < 4.78 is 0. The quantitative estimate of drug-likeness (QED) is 0.529. The van der Waals surface area contributed by atoms with Gasteiger partial charge in [-0.2, -0.15) is 0 Å². The van der Waals surface area contributed by atoms with Gasteiger partial charge in [-0.15, -0.1) is 23.1 Å². The molecule has 1 saturated carbocycles. The molecule has 1 aromatic carbocycles. The van der Waals surface area contributed by atoms with Gasteiger partial charge in [0.25, 0.3) is 0 Å². The average molecular weight is 433 g/mol. The van der Waals surface area contributed by atoms with E-state index in [4.69, 9.17) is 5.11 Å². The molecular formula is C23H28O4S2. The molecule has 156 valence electrons. The van der Waals surface area contributed by atoms with E-state index in [9.17, 15) is 14.7 Å². The number of ketones is 1. The SMILES string of the molecule is CC(C)c1cccc(SC[C@H]2C(O)CC(=O)[C@@H]2CCCc2ccc(C(=O)O)s2)c1. The van der Waals surface area contributed by atoms with Crippen LogP contribution in [0.25, 0.3) is 0 Å². The second kappa shape index (κ2) is 9.92. The number of Topliss-reactive ketones (excluding diaryl/α,β-unsaturated/α-hetero) is 1. The number of aryl methyl sites for hydroxylation is 1. The first-order chi connectivity index (χ1) is 13.8. The Morgan fingerprint density at radius 2 is 2.07 bits per heavy atom. The summed E-state index contributed by atoms with van der Waals surface area (Å²) in [6, 6.07) is 12.0. The maximum Gasteiger partial charge on any atom is 0.345 e. The van der Waals surface area contributed by atoms with Gasteiger partial charge in [0.05, 0.1) is 6.10 Å². The predicted molar refractivity (Wildman–Crippen MR) is 118 cm³/mol. The highest BCUT2D eigenvalue weighted by Gasteiger charge is 2.40. The second-order valence-electron chi connectivity index (χ2n) is 8.01. The number of benzene rings is 1. The summed E-state index contributed by atoms with van der Waals surface area (Å²) in [6.07, 6.45) is 2.03. The zero-order valence-electron chi connectivity index (χ0n) is 16.8. The number of thioether (sulfide) groups is 1. The van der Waals surface area contributed by atoms with Gasteiger partial charge in [0.2, 0.25) is 0 Å². The lowest BCUT2D eigenvalue weighted by Gasteiger charge is -2.21. The van der Waals surface area contributed by atoms with E-state index in [-0.39, 0.29) is 24.0 Å². The lowest BCUT2D eigenvalue weighted by molar-refractivity contribution is -0.121. The predicted octanol–water partition coefficient (Wildman–Crippen LogP) is 5.25. The van der Waals surface area contributed by atoms with E-state index in [1.54, 1.807) is 17.8 Å². The van der Waals surface area contributed by atoms with Crippen LogP contribution in [0.3, 0.4) is 0 Å². The Balaban J connectivity index is 1.56. The summed E-state index contributed by atoms with van der Waals surface area (Å²) in [5.74, 6) is 0.352. The van der Waals surface area contributed by atoms with Crippen molar-refractivity contribution in [2.45, 2.75) is 56.4 Å². The first kappa shape index (κ1) is 22.1. The summed E-state index contributed by atoms with van der Waals surface area (Å²) in [5, 5.41) is 19.5. The van der Waals surface area contributed by atoms with E-state index >= 15 is 0 Å². The normalized spacial score (nSPS) is 21.8. The molecule has 29 heavy (non-hydrogen) atoms. The standard InChI is InChI=1S/C23H28O4S2/c1-14(2)15-5-3-7-17(11-15)28-13-19-18(20(24)12-21(19)25)8-4-6-16-9-10-22(29-16)23(26)27/h3,5,7,9-11,14,18-19,21,25H,4,6,8,12-13H2,1-2H3,(H,26,27)/t18-,19-,21?/m1/s1. The highest BCUT2D eigenvalue weighted by molar-refractivity contribution is 7.99. The Morgan fingerprint density at radius 1 is 1.28 bits per heavy atom. The molecule has 0 radical (unpaired) electrons. The summed E-state index contributed by atoms with van der Waals surface area (Å²) >= 11 is 3.02. The lowest BCUT2D eigenvalue weighted by Crippen LogP contribution is -2.23. The molecule has 2 aromatic rings. The van der Waals surface area contributed by atoms with Crippen molar-refractivity contribution in [3.8, 4) is 0 Å². The number of rotatable bonds is 9. The van der Waals surface area contributed by atoms with Crippen LogP contribution in [0.5, 0.6) is 0 Å². The van der Waals surface area contributed by atoms with Crippen molar-refractivity contribution in [1.82, 2.24) is 0 Å². The van der Waals surface area contributed by atoms with Crippen molar-refractivity contribution in [2.75, 3.05) is 5.75 Å². The molecule has 0 spiro atoms. The number of carbonyl (C=O) groups is 2. The molecule has 1 aromatic heterocycles. The number of aliphatic hydroxyl groups excluding tert-OH is 1. The van der Waals surface area contributed by atoms with Gasteiger partial charge in [-0.05, 0) is 55.0 Å². The maximum absolute atomic E-state index is 12.4. The Kier molecular flexibility index (Phi) is 7.55. The van der Waals surface area contributed by atoms with Crippen LogP contribution in [-0.2, 0) is 11.2 Å². The van der Waals surface area contributed by atoms with E-state index in [0.29, 0.717) is 10.8 Å². The summed E-state index contributed by atoms with van der Waals surface area (Å²) in [4.78, 5) is 26.0. The van der Waals surface area contributed by atoms with Gasteiger partial charge in [-0.1, -0.05) is 26.0 Å². The number of carboxylic acid groups (broad SMARTS) is 1. The van der Waals surface area contributed by atoms with Crippen LogP contribution in [0, 0.1) is 11.8 Å². The molecule has 1 heterocycles. The van der Waals surface area contributed by atoms with Gasteiger partial charge in [0.1, 0.15) is 10.7 Å². The molecule has 0 amide bonds. The molecule has 3 atom stereocenters. The molecule has 0 bridgehead atoms. The van der Waals surface area contributed by atoms with Crippen molar-refractivity contribution < 1.29 is 19.8 Å². The molecule has 0 saturated heterocycles. The molecule has 2 N–H and O–H groups in total. The minimum atomic E-state index is -0.894. The van der Waals surface area contributed by atoms with Crippen molar-refractivity contribution in [3.63, 3.8) is 0 Å². The van der Waals surface area contributed by atoms with Crippen LogP contribution in [0.1, 0.15) is 59.1 Å². The number of hydrogen-bond acceptors (Lipinski definition) is 5. The van der Waals surface area contributed by atoms with Gasteiger partial charge < -0.3 is 10.2 Å². The van der Waals surface area contributed by atoms with Crippen molar-refractivity contribution in [2.24, 2.45) is 11.8 Å². The minimum absolute atomic E-state index is 0.0203. The lowest BCUT2D eigenvalue weighted by atomic mass is 9.91. The third-order valence-corrected chi connectivity index (χ3v) is 7.88. The topological polar surface area (TPSA) is 74.6 Å². The fourth-order valence-electron chi connectivity index (χ4n) is 3.90. The van der Waals surface area contributed by atoms with E-state index in [0.717, 1.165) is 29.9 Å². The van der Waals surface area contributed by atoms with Crippen molar-refractivity contribution in [1.29, 1.82) is 0 Å². The van der Waals surface area contributed by atoms with E-state index in [1.165, 1.54) is 21.8 Å². The van der Waals surface area contributed by atoms with Gasteiger partial charge in [0.15, 0.2) is 0 Å². The van der Waals surface area contributed by atoms with Crippen LogP contribution in [0.15, 0.2) is 41.3 Å². The summed E-state index contributed by atoms with van der Waals surface area (Å²) in [7, 11) is 0. The minimum Gasteiger partial charge on any atom is -0.477 e. The Bertz CT molecular complexity index is 858.